The Kier molecular flexibility index (Phi) is 7.91. The zero-order chi connectivity index (χ0) is 20.2. The summed E-state index contributed by atoms with van der Waals surface area (Å²) in [7, 11) is 0. The fourth-order valence-electron chi connectivity index (χ4n) is 2.76. The smallest absolute Gasteiger partial charge is 0.389 e. The third-order valence-corrected chi connectivity index (χ3v) is 7.13. The molecule has 0 saturated carbocycles. The molecular formula is C19H22F3IO3S. The predicted octanol–water partition coefficient (Wildman–Crippen LogP) is 5.95. The first-order valence-electron chi connectivity index (χ1n) is 8.64. The molecule has 150 valence electrons. The van der Waals surface area contributed by atoms with Crippen LogP contribution in [0.4, 0.5) is 13.2 Å². The fraction of sp³-hybridized carbons (Fsp3) is 0.526. The first kappa shape index (κ1) is 22.4. The Labute approximate surface area is 175 Å². The number of benzene rings is 1. The first-order valence-corrected chi connectivity index (χ1v) is 10.6. The molecule has 2 rings (SSSR count). The van der Waals surface area contributed by atoms with Gasteiger partial charge in [-0.15, -0.1) is 11.8 Å². The molecule has 1 heterocycles. The Balaban J connectivity index is 2.16. The molecule has 0 spiro atoms. The van der Waals surface area contributed by atoms with Crippen molar-refractivity contribution in [2.24, 2.45) is 0 Å². The normalized spacial score (nSPS) is 18.2. The van der Waals surface area contributed by atoms with E-state index in [1.165, 1.54) is 11.8 Å². The number of ether oxygens (including phenoxy) is 2. The van der Waals surface area contributed by atoms with Crippen molar-refractivity contribution >= 4 is 40.3 Å². The summed E-state index contributed by atoms with van der Waals surface area (Å²) in [5, 5.41) is -0.419. The van der Waals surface area contributed by atoms with Crippen LogP contribution in [0.2, 0.25) is 0 Å². The average Bonchev–Trinajstić information content (AvgIpc) is 3.05. The highest BCUT2D eigenvalue weighted by Gasteiger charge is 2.34. The van der Waals surface area contributed by atoms with Gasteiger partial charge in [0.25, 0.3) is 0 Å². The summed E-state index contributed by atoms with van der Waals surface area (Å²) in [4.78, 5) is 12.6. The molecule has 0 bridgehead atoms. The highest BCUT2D eigenvalue weighted by molar-refractivity contribution is 14.1. The Morgan fingerprint density at radius 2 is 1.96 bits per heavy atom. The molecule has 0 aromatic heterocycles. The van der Waals surface area contributed by atoms with Crippen LogP contribution in [0.1, 0.15) is 37.3 Å². The lowest BCUT2D eigenvalue weighted by Crippen LogP contribution is -2.23. The van der Waals surface area contributed by atoms with Gasteiger partial charge < -0.3 is 9.47 Å². The van der Waals surface area contributed by atoms with Crippen LogP contribution in [-0.4, -0.2) is 30.1 Å². The van der Waals surface area contributed by atoms with E-state index >= 15 is 0 Å². The summed E-state index contributed by atoms with van der Waals surface area (Å²) < 4.78 is 50.4. The minimum absolute atomic E-state index is 0.192. The van der Waals surface area contributed by atoms with E-state index in [4.69, 9.17) is 9.47 Å². The number of carbonyl (C=O) groups excluding carboxylic acids is 1. The molecule has 0 aliphatic carbocycles. The summed E-state index contributed by atoms with van der Waals surface area (Å²) in [5.74, 6) is 0.197. The lowest BCUT2D eigenvalue weighted by Gasteiger charge is -2.22. The fourth-order valence-corrected chi connectivity index (χ4v) is 4.27. The van der Waals surface area contributed by atoms with E-state index in [1.54, 1.807) is 13.0 Å². The largest absolute Gasteiger partial charge is 0.485 e. The number of hydrogen-bond donors (Lipinski definition) is 0. The Bertz CT molecular complexity index is 696. The van der Waals surface area contributed by atoms with E-state index < -0.39 is 24.0 Å². The van der Waals surface area contributed by atoms with Crippen LogP contribution >= 0.6 is 34.4 Å². The minimum atomic E-state index is -4.26. The highest BCUT2D eigenvalue weighted by atomic mass is 127. The topological polar surface area (TPSA) is 35.5 Å². The molecule has 0 amide bonds. The molecule has 27 heavy (non-hydrogen) atoms. The van der Waals surface area contributed by atoms with E-state index in [1.807, 2.05) is 26.0 Å². The second kappa shape index (κ2) is 9.54. The zero-order valence-corrected chi connectivity index (χ0v) is 18.3. The summed E-state index contributed by atoms with van der Waals surface area (Å²) in [6, 6.07) is 3.66. The van der Waals surface area contributed by atoms with E-state index in [9.17, 15) is 18.0 Å². The number of allylic oxidation sites excluding steroid dienone is 1. The quantitative estimate of drug-likeness (QED) is 0.333. The van der Waals surface area contributed by atoms with Crippen LogP contribution in [0.15, 0.2) is 23.1 Å². The van der Waals surface area contributed by atoms with Crippen molar-refractivity contribution in [3.8, 4) is 5.75 Å². The summed E-state index contributed by atoms with van der Waals surface area (Å²) in [6.07, 6.45) is -3.90. The van der Waals surface area contributed by atoms with Gasteiger partial charge in [-0.2, -0.15) is 13.2 Å². The number of hydrogen-bond acceptors (Lipinski definition) is 4. The first-order chi connectivity index (χ1) is 12.6. The van der Waals surface area contributed by atoms with Crippen LogP contribution in [-0.2, 0) is 9.53 Å². The van der Waals surface area contributed by atoms with E-state index in [0.717, 1.165) is 14.7 Å². The van der Waals surface area contributed by atoms with Gasteiger partial charge in [-0.25, -0.2) is 0 Å². The van der Waals surface area contributed by atoms with Crippen LogP contribution in [0, 0.1) is 17.4 Å². The monoisotopic (exact) mass is 514 g/mol. The number of carbonyl (C=O) groups is 1. The van der Waals surface area contributed by atoms with Crippen molar-refractivity contribution in [2.75, 3.05) is 6.61 Å². The van der Waals surface area contributed by atoms with Crippen LogP contribution in [0.25, 0.3) is 0 Å². The molecule has 2 unspecified atom stereocenters. The molecule has 3 nitrogen and oxygen atoms in total. The van der Waals surface area contributed by atoms with Crippen molar-refractivity contribution in [1.82, 2.24) is 0 Å². The molecule has 1 aromatic carbocycles. The van der Waals surface area contributed by atoms with E-state index in [2.05, 4.69) is 22.6 Å². The molecule has 1 aromatic rings. The molecule has 2 atom stereocenters. The number of halogens is 4. The second-order valence-electron chi connectivity index (χ2n) is 6.33. The lowest BCUT2D eigenvalue weighted by molar-refractivity contribution is -0.142. The van der Waals surface area contributed by atoms with Gasteiger partial charge in [0.15, 0.2) is 0 Å². The van der Waals surface area contributed by atoms with Gasteiger partial charge in [-0.1, -0.05) is 6.08 Å². The van der Waals surface area contributed by atoms with Gasteiger partial charge in [0.05, 0.1) is 6.61 Å². The van der Waals surface area contributed by atoms with Gasteiger partial charge in [0, 0.05) is 14.9 Å². The number of thioether (sulfide) groups is 1. The van der Waals surface area contributed by atoms with E-state index in [-0.39, 0.29) is 19.0 Å². The van der Waals surface area contributed by atoms with Gasteiger partial charge in [0.2, 0.25) is 0 Å². The number of alkyl halides is 3. The molecule has 8 heteroatoms. The summed E-state index contributed by atoms with van der Waals surface area (Å²) in [5.41, 5.74) is 2.02. The molecule has 0 fully saturated rings. The van der Waals surface area contributed by atoms with Crippen molar-refractivity contribution in [3.63, 3.8) is 0 Å². The van der Waals surface area contributed by atoms with Crippen LogP contribution in [0.5, 0.6) is 5.75 Å². The van der Waals surface area contributed by atoms with Crippen LogP contribution < -0.4 is 4.74 Å². The number of rotatable bonds is 7. The van der Waals surface area contributed by atoms with Crippen LogP contribution in [0.3, 0.4) is 0 Å². The minimum Gasteiger partial charge on any atom is -0.485 e. The third-order valence-electron chi connectivity index (χ3n) is 4.06. The Morgan fingerprint density at radius 1 is 1.33 bits per heavy atom. The van der Waals surface area contributed by atoms with Crippen molar-refractivity contribution < 1.29 is 27.4 Å². The SMILES string of the molecule is CCOC(=O)C1CC=C(C(CCC(F)(F)F)Oc2cc(C)c(I)c(C)c2)S1. The summed E-state index contributed by atoms with van der Waals surface area (Å²) in [6.45, 7) is 5.88. The molecule has 0 saturated heterocycles. The highest BCUT2D eigenvalue weighted by Crippen LogP contribution is 2.39. The van der Waals surface area contributed by atoms with E-state index in [0.29, 0.717) is 17.1 Å². The Morgan fingerprint density at radius 3 is 2.52 bits per heavy atom. The predicted molar refractivity (Wildman–Crippen MR) is 109 cm³/mol. The van der Waals surface area contributed by atoms with Gasteiger partial charge in [-0.05, 0) is 79.5 Å². The lowest BCUT2D eigenvalue weighted by atomic mass is 10.1. The summed E-state index contributed by atoms with van der Waals surface area (Å²) >= 11 is 3.47. The molecule has 0 radical (unpaired) electrons. The van der Waals surface area contributed by atoms with Gasteiger partial charge in [-0.3, -0.25) is 4.79 Å². The van der Waals surface area contributed by atoms with Crippen molar-refractivity contribution in [3.05, 3.63) is 37.8 Å². The maximum absolute atomic E-state index is 12.8. The van der Waals surface area contributed by atoms with Gasteiger partial charge in [0.1, 0.15) is 17.1 Å². The molecular weight excluding hydrogens is 492 g/mol. The molecule has 1 aliphatic heterocycles. The number of aryl methyl sites for hydroxylation is 2. The maximum Gasteiger partial charge on any atom is 0.389 e. The average molecular weight is 514 g/mol. The van der Waals surface area contributed by atoms with Gasteiger partial charge >= 0.3 is 12.1 Å². The Hall–Kier alpha value is -0.900. The third kappa shape index (κ3) is 6.58. The van der Waals surface area contributed by atoms with Crippen molar-refractivity contribution in [2.45, 2.75) is 57.6 Å². The molecule has 1 aliphatic rings. The maximum atomic E-state index is 12.8. The number of esters is 1. The molecule has 0 N–H and O–H groups in total. The standard InChI is InChI=1S/C19H22F3IO3S/c1-4-25-18(24)16-6-5-15(27-16)14(7-8-19(20,21)22)26-13-9-11(2)17(23)12(3)10-13/h5,9-10,14,16H,4,6-8H2,1-3H3. The van der Waals surface area contributed by atoms with Crippen molar-refractivity contribution in [1.29, 1.82) is 0 Å². The second-order valence-corrected chi connectivity index (χ2v) is 8.69. The zero-order valence-electron chi connectivity index (χ0n) is 15.4.